The summed E-state index contributed by atoms with van der Waals surface area (Å²) in [5, 5.41) is 29.2. The van der Waals surface area contributed by atoms with E-state index < -0.39 is 18.2 Å². The van der Waals surface area contributed by atoms with Crippen molar-refractivity contribution >= 4 is 90.0 Å². The lowest BCUT2D eigenvalue weighted by Gasteiger charge is -2.05. The van der Waals surface area contributed by atoms with Crippen LogP contribution in [-0.2, 0) is 4.74 Å². The first-order valence-electron chi connectivity index (χ1n) is 19.3. The molecule has 0 aliphatic heterocycles. The zero-order chi connectivity index (χ0) is 43.0. The largest absolute Gasteiger partial charge is 0.461 e. The molecule has 61 heavy (non-hydrogen) atoms. The molecule has 13 nitrogen and oxygen atoms in total. The first-order chi connectivity index (χ1) is 29.6. The number of carbonyl (C=O) groups is 4. The number of nitrogens with one attached hydrogen (secondary N) is 3. The van der Waals surface area contributed by atoms with Crippen LogP contribution in [-0.4, -0.2) is 70.0 Å². The molecule has 3 aromatic carbocycles. The summed E-state index contributed by atoms with van der Waals surface area (Å²) in [7, 11) is 0. The minimum Gasteiger partial charge on any atom is -0.461 e. The Bertz CT molecular complexity index is 2970. The Morgan fingerprint density at radius 2 is 1.16 bits per heavy atom. The molecule has 2 unspecified atom stereocenters. The van der Waals surface area contributed by atoms with Crippen LogP contribution in [0.4, 0.5) is 0 Å². The molecule has 9 rings (SSSR count). The van der Waals surface area contributed by atoms with E-state index in [-0.39, 0.29) is 23.0 Å². The summed E-state index contributed by atoms with van der Waals surface area (Å²) in [6, 6.07) is 23.0. The van der Waals surface area contributed by atoms with E-state index in [0.29, 0.717) is 57.0 Å². The zero-order valence-corrected chi connectivity index (χ0v) is 35.6. The summed E-state index contributed by atoms with van der Waals surface area (Å²) in [5.41, 5.74) is 5.93. The molecule has 0 saturated carbocycles. The van der Waals surface area contributed by atoms with Gasteiger partial charge >= 0.3 is 5.97 Å². The van der Waals surface area contributed by atoms with E-state index in [1.165, 1.54) is 34.0 Å². The van der Waals surface area contributed by atoms with Gasteiger partial charge in [-0.3, -0.25) is 14.4 Å². The van der Waals surface area contributed by atoms with Gasteiger partial charge in [0.2, 0.25) is 11.6 Å². The highest BCUT2D eigenvalue weighted by Gasteiger charge is 2.22. The monoisotopic (exact) mass is 872 g/mol. The van der Waals surface area contributed by atoms with Crippen LogP contribution >= 0.6 is 34.0 Å². The first-order valence-corrected chi connectivity index (χ1v) is 22.0. The number of benzene rings is 3. The molecule has 2 atom stereocenters. The second-order valence-corrected chi connectivity index (χ2v) is 16.1. The number of aromatic nitrogens is 6. The summed E-state index contributed by atoms with van der Waals surface area (Å²) in [6.07, 6.45) is 4.68. The minimum absolute atomic E-state index is 0.0424. The summed E-state index contributed by atoms with van der Waals surface area (Å²) < 4.78 is 4.90. The lowest BCUT2D eigenvalue weighted by Crippen LogP contribution is -2.06. The number of hydrogen-bond donors (Lipinski definition) is 5. The number of H-pyrrole nitrogens is 3. The van der Waals surface area contributed by atoms with Crippen molar-refractivity contribution in [1.29, 1.82) is 0 Å². The molecular weight excluding hydrogens is 833 g/mol. The highest BCUT2D eigenvalue weighted by molar-refractivity contribution is 7.12. The topological polar surface area (TPSA) is 204 Å². The third-order valence-corrected chi connectivity index (χ3v) is 12.2. The van der Waals surface area contributed by atoms with Gasteiger partial charge in [-0.15, -0.1) is 34.0 Å². The number of aromatic amines is 3. The van der Waals surface area contributed by atoms with Crippen molar-refractivity contribution in [3.05, 3.63) is 156 Å². The summed E-state index contributed by atoms with van der Waals surface area (Å²) in [4.78, 5) is 70.0. The number of thiazole rings is 3. The average Bonchev–Trinajstić information content (AvgIpc) is 4.16. The molecule has 16 heteroatoms. The van der Waals surface area contributed by atoms with Gasteiger partial charge in [0.25, 0.3) is 0 Å². The quantitative estimate of drug-likeness (QED) is 0.0581. The van der Waals surface area contributed by atoms with E-state index >= 15 is 0 Å². The van der Waals surface area contributed by atoms with Crippen LogP contribution < -0.4 is 0 Å². The Labute approximate surface area is 361 Å². The maximum atomic E-state index is 12.5. The van der Waals surface area contributed by atoms with Crippen molar-refractivity contribution in [2.24, 2.45) is 0 Å². The van der Waals surface area contributed by atoms with Crippen LogP contribution in [0.1, 0.15) is 114 Å². The van der Waals surface area contributed by atoms with E-state index in [0.717, 1.165) is 38.3 Å². The normalized spacial score (nSPS) is 12.0. The van der Waals surface area contributed by atoms with Crippen LogP contribution in [0, 0.1) is 0 Å². The van der Waals surface area contributed by atoms with Gasteiger partial charge in [0, 0.05) is 79.4 Å². The molecule has 9 aromatic rings. The molecule has 6 heterocycles. The van der Waals surface area contributed by atoms with Crippen LogP contribution in [0.25, 0.3) is 32.7 Å². The predicted octanol–water partition coefficient (Wildman–Crippen LogP) is 9.63. The van der Waals surface area contributed by atoms with Crippen molar-refractivity contribution < 1.29 is 34.1 Å². The number of rotatable bonds is 12. The predicted molar refractivity (Wildman–Crippen MR) is 238 cm³/mol. The zero-order valence-electron chi connectivity index (χ0n) is 33.2. The number of nitrogens with zero attached hydrogens (tertiary/aromatic N) is 3. The maximum absolute atomic E-state index is 12.5. The summed E-state index contributed by atoms with van der Waals surface area (Å²) >= 11 is 3.73. The molecule has 0 fully saturated rings. The number of fused-ring (bicyclic) bond motifs is 3. The molecule has 0 bridgehead atoms. The number of esters is 1. The van der Waals surface area contributed by atoms with Gasteiger partial charge in [-0.05, 0) is 31.5 Å². The molecule has 6 aromatic heterocycles. The van der Waals surface area contributed by atoms with Crippen molar-refractivity contribution in [3.63, 3.8) is 0 Å². The Morgan fingerprint density at radius 1 is 0.639 bits per heavy atom. The molecule has 5 N–H and O–H groups in total. The number of aliphatic hydroxyl groups is 2. The Kier molecular flexibility index (Phi) is 13.5. The number of para-hydroxylation sites is 3. The van der Waals surface area contributed by atoms with Gasteiger partial charge in [-0.1, -0.05) is 68.4 Å². The Morgan fingerprint density at radius 3 is 1.75 bits per heavy atom. The molecule has 0 aliphatic rings. The fourth-order valence-electron chi connectivity index (χ4n) is 6.35. The number of Topliss-reactive ketones (excluding diaryl/α,β-unsaturated/α-hetero) is 1. The number of ketones is 3. The summed E-state index contributed by atoms with van der Waals surface area (Å²) in [5.74, 6) is -0.769. The van der Waals surface area contributed by atoms with Gasteiger partial charge in [-0.2, -0.15) is 0 Å². The molecule has 0 radical (unpaired) electrons. The number of aliphatic hydroxyl groups excluding tert-OH is 2. The van der Waals surface area contributed by atoms with E-state index in [2.05, 4.69) is 29.9 Å². The van der Waals surface area contributed by atoms with Gasteiger partial charge in [-0.25, -0.2) is 19.7 Å². The summed E-state index contributed by atoms with van der Waals surface area (Å²) in [6.45, 7) is 5.71. The van der Waals surface area contributed by atoms with Crippen LogP contribution in [0.5, 0.6) is 0 Å². The van der Waals surface area contributed by atoms with Crippen molar-refractivity contribution in [2.45, 2.75) is 45.8 Å². The van der Waals surface area contributed by atoms with E-state index in [9.17, 15) is 29.4 Å². The molecule has 0 amide bonds. The average molecular weight is 873 g/mol. The van der Waals surface area contributed by atoms with E-state index in [1.807, 2.05) is 79.7 Å². The standard InChI is InChI=1S/C15H14N2O3S.C15H14N2O2S.C15H12N2O2S/c1-2-20-15(19)12-8-21-14(17-12)13(18)10-7-16-11-6-4-3-5-9(10)11;2*1-2-13(18)12-8-20-15(17-12)14(19)10-7-16-11-6-4-3-5-9(10)11/h3-8,13,16,18H,2H2,1H3;3-8,13,16,18H,2H2,1H3;3-8,16H,2H2,1H3. The van der Waals surface area contributed by atoms with Crippen molar-refractivity contribution in [2.75, 3.05) is 6.61 Å². The molecule has 0 spiro atoms. The third kappa shape index (κ3) is 9.33. The highest BCUT2D eigenvalue weighted by atomic mass is 32.1. The fourth-order valence-corrected chi connectivity index (χ4v) is 8.74. The number of ether oxygens (including phenoxy) is 1. The van der Waals surface area contributed by atoms with Crippen LogP contribution in [0.3, 0.4) is 0 Å². The third-order valence-electron chi connectivity index (χ3n) is 9.57. The highest BCUT2D eigenvalue weighted by Crippen LogP contribution is 2.31. The van der Waals surface area contributed by atoms with Gasteiger partial charge < -0.3 is 29.9 Å². The maximum Gasteiger partial charge on any atom is 0.357 e. The molecule has 0 saturated heterocycles. The van der Waals surface area contributed by atoms with E-state index in [1.54, 1.807) is 48.6 Å². The number of hydrogen-bond acceptors (Lipinski definition) is 13. The second kappa shape index (κ2) is 19.3. The lowest BCUT2D eigenvalue weighted by atomic mass is 10.1. The van der Waals surface area contributed by atoms with Gasteiger partial charge in [0.1, 0.15) is 16.8 Å². The minimum atomic E-state index is -0.866. The smallest absolute Gasteiger partial charge is 0.357 e. The number of carbonyl (C=O) groups excluding carboxylic acids is 4. The first kappa shape index (κ1) is 42.7. The molecular formula is C45H40N6O7S3. The molecule has 0 aliphatic carbocycles. The van der Waals surface area contributed by atoms with Gasteiger partial charge in [0.05, 0.1) is 29.5 Å². The molecule has 310 valence electrons. The Balaban J connectivity index is 0.000000138. The van der Waals surface area contributed by atoms with Crippen molar-refractivity contribution in [1.82, 2.24) is 29.9 Å². The Hall–Kier alpha value is -6.43. The van der Waals surface area contributed by atoms with Crippen LogP contribution in [0.15, 0.2) is 108 Å². The van der Waals surface area contributed by atoms with Crippen molar-refractivity contribution in [3.8, 4) is 0 Å². The van der Waals surface area contributed by atoms with E-state index in [4.69, 9.17) is 4.74 Å². The fraction of sp³-hybridized carbons (Fsp3) is 0.178. The lowest BCUT2D eigenvalue weighted by molar-refractivity contribution is 0.0519. The van der Waals surface area contributed by atoms with Gasteiger partial charge in [0.15, 0.2) is 21.5 Å². The van der Waals surface area contributed by atoms with Crippen LogP contribution in [0.2, 0.25) is 0 Å². The SMILES string of the molecule is CCC(=O)c1csc(C(=O)c2c[nH]c3ccccc23)n1.CCC(O)c1csc(C(=O)c2c[nH]c3ccccc23)n1.CCOC(=O)c1csc(C(O)c2c[nH]c3ccccc23)n1. The second-order valence-electron chi connectivity index (χ2n) is 13.5.